The van der Waals surface area contributed by atoms with Crippen molar-refractivity contribution in [2.45, 2.75) is 11.8 Å². The molecule has 0 N–H and O–H groups in total. The van der Waals surface area contributed by atoms with Crippen molar-refractivity contribution in [2.75, 3.05) is 0 Å². The Balaban J connectivity index is 2.18. The zero-order chi connectivity index (χ0) is 12.4. The molecule has 2 aromatic rings. The standard InChI is InChI=1S/C12H8BrClF2S/c13-11-5-4-10(17-11)8(14)6-7-2-1-3-9(15)12(7)16/h1-5,8H,6H2. The van der Waals surface area contributed by atoms with Crippen molar-refractivity contribution < 1.29 is 8.78 Å². The molecule has 0 spiro atoms. The molecule has 1 atom stereocenters. The van der Waals surface area contributed by atoms with Crippen LogP contribution in [-0.2, 0) is 6.42 Å². The lowest BCUT2D eigenvalue weighted by Crippen LogP contribution is -1.98. The van der Waals surface area contributed by atoms with Crippen LogP contribution in [0.1, 0.15) is 15.8 Å². The molecule has 1 aromatic carbocycles. The van der Waals surface area contributed by atoms with Crippen LogP contribution in [-0.4, -0.2) is 0 Å². The molecule has 0 aliphatic rings. The SMILES string of the molecule is Fc1cccc(CC(Cl)c2ccc(Br)s2)c1F. The van der Waals surface area contributed by atoms with Gasteiger partial charge in [-0.2, -0.15) is 0 Å². The first-order valence-electron chi connectivity index (χ1n) is 4.90. The lowest BCUT2D eigenvalue weighted by molar-refractivity contribution is 0.498. The minimum atomic E-state index is -0.835. The van der Waals surface area contributed by atoms with Crippen LogP contribution in [0.25, 0.3) is 0 Å². The summed E-state index contributed by atoms with van der Waals surface area (Å²) in [5, 5.41) is -0.345. The van der Waals surface area contributed by atoms with E-state index in [-0.39, 0.29) is 11.8 Å². The highest BCUT2D eigenvalue weighted by atomic mass is 79.9. The molecule has 0 fully saturated rings. The van der Waals surface area contributed by atoms with Gasteiger partial charge in [0.1, 0.15) is 0 Å². The van der Waals surface area contributed by atoms with E-state index in [0.29, 0.717) is 5.56 Å². The van der Waals surface area contributed by atoms with Gasteiger partial charge < -0.3 is 0 Å². The molecule has 2 rings (SSSR count). The first kappa shape index (κ1) is 13.0. The summed E-state index contributed by atoms with van der Waals surface area (Å²) in [5.74, 6) is -1.65. The average molecular weight is 338 g/mol. The van der Waals surface area contributed by atoms with Gasteiger partial charge in [0.15, 0.2) is 11.6 Å². The van der Waals surface area contributed by atoms with Gasteiger partial charge in [0.2, 0.25) is 0 Å². The van der Waals surface area contributed by atoms with Crippen molar-refractivity contribution in [1.82, 2.24) is 0 Å². The van der Waals surface area contributed by atoms with Gasteiger partial charge in [-0.3, -0.25) is 0 Å². The van der Waals surface area contributed by atoms with Gasteiger partial charge in [0, 0.05) is 4.88 Å². The van der Waals surface area contributed by atoms with E-state index in [1.54, 1.807) is 6.07 Å². The fraction of sp³-hybridized carbons (Fsp3) is 0.167. The molecule has 90 valence electrons. The van der Waals surface area contributed by atoms with Crippen molar-refractivity contribution in [2.24, 2.45) is 0 Å². The second-order valence-corrected chi connectivity index (χ2v) is 6.55. The summed E-state index contributed by atoms with van der Waals surface area (Å²) < 4.78 is 27.4. The second-order valence-electron chi connectivity index (χ2n) is 3.53. The smallest absolute Gasteiger partial charge is 0.162 e. The number of hydrogen-bond acceptors (Lipinski definition) is 1. The van der Waals surface area contributed by atoms with Crippen LogP contribution in [0.2, 0.25) is 0 Å². The summed E-state index contributed by atoms with van der Waals surface area (Å²) in [5.41, 5.74) is 0.300. The van der Waals surface area contributed by atoms with Crippen molar-refractivity contribution in [1.29, 1.82) is 0 Å². The number of hydrogen-bond donors (Lipinski definition) is 0. The van der Waals surface area contributed by atoms with E-state index in [0.717, 1.165) is 14.7 Å². The fourth-order valence-corrected chi connectivity index (χ4v) is 3.27. The molecule has 17 heavy (non-hydrogen) atoms. The number of alkyl halides is 1. The Morgan fingerprint density at radius 2 is 2.00 bits per heavy atom. The molecule has 0 saturated carbocycles. The van der Waals surface area contributed by atoms with Gasteiger partial charge >= 0.3 is 0 Å². The summed E-state index contributed by atoms with van der Waals surface area (Å²) in [7, 11) is 0. The molecular weight excluding hydrogens is 330 g/mol. The Kier molecular flexibility index (Phi) is 4.17. The molecule has 1 unspecified atom stereocenters. The summed E-state index contributed by atoms with van der Waals surface area (Å²) in [6, 6.07) is 7.91. The van der Waals surface area contributed by atoms with Crippen LogP contribution < -0.4 is 0 Å². The van der Waals surface area contributed by atoms with E-state index in [1.165, 1.54) is 17.4 Å². The molecule has 0 amide bonds. The zero-order valence-electron chi connectivity index (χ0n) is 8.59. The third-order valence-corrected chi connectivity index (χ3v) is 4.59. The Hall–Kier alpha value is -0.450. The predicted molar refractivity (Wildman–Crippen MR) is 70.7 cm³/mol. The van der Waals surface area contributed by atoms with Crippen LogP contribution in [0, 0.1) is 11.6 Å². The third-order valence-electron chi connectivity index (χ3n) is 2.33. The van der Waals surface area contributed by atoms with Crippen molar-refractivity contribution in [3.05, 3.63) is 56.2 Å². The number of benzene rings is 1. The number of halogens is 4. The van der Waals surface area contributed by atoms with Crippen molar-refractivity contribution >= 4 is 38.9 Å². The first-order valence-corrected chi connectivity index (χ1v) is 6.94. The van der Waals surface area contributed by atoms with E-state index in [4.69, 9.17) is 11.6 Å². The monoisotopic (exact) mass is 336 g/mol. The van der Waals surface area contributed by atoms with Crippen molar-refractivity contribution in [3.63, 3.8) is 0 Å². The highest BCUT2D eigenvalue weighted by molar-refractivity contribution is 9.11. The largest absolute Gasteiger partial charge is 0.204 e. The van der Waals surface area contributed by atoms with Crippen LogP contribution in [0.15, 0.2) is 34.1 Å². The van der Waals surface area contributed by atoms with E-state index < -0.39 is 11.6 Å². The Bertz CT molecular complexity index is 527. The Morgan fingerprint density at radius 3 is 2.65 bits per heavy atom. The molecule has 0 radical (unpaired) electrons. The van der Waals surface area contributed by atoms with Gasteiger partial charge in [-0.1, -0.05) is 12.1 Å². The minimum absolute atomic E-state index is 0.276. The van der Waals surface area contributed by atoms with Crippen molar-refractivity contribution in [3.8, 4) is 0 Å². The molecule has 5 heteroatoms. The van der Waals surface area contributed by atoms with Gasteiger partial charge in [-0.15, -0.1) is 22.9 Å². The lowest BCUT2D eigenvalue weighted by atomic mass is 10.1. The Morgan fingerprint density at radius 1 is 1.24 bits per heavy atom. The summed E-state index contributed by atoms with van der Waals surface area (Å²) in [6.07, 6.45) is 0.276. The third kappa shape index (κ3) is 3.06. The van der Waals surface area contributed by atoms with E-state index in [1.807, 2.05) is 12.1 Å². The molecule has 0 aliphatic heterocycles. The molecule has 0 saturated heterocycles. The zero-order valence-corrected chi connectivity index (χ0v) is 11.7. The van der Waals surface area contributed by atoms with Crippen LogP contribution in [0.3, 0.4) is 0 Å². The summed E-state index contributed by atoms with van der Waals surface area (Å²) in [6.45, 7) is 0. The average Bonchev–Trinajstić information content (AvgIpc) is 2.72. The second kappa shape index (κ2) is 5.46. The van der Waals surface area contributed by atoms with Gasteiger partial charge in [-0.05, 0) is 46.1 Å². The van der Waals surface area contributed by atoms with E-state index >= 15 is 0 Å². The topological polar surface area (TPSA) is 0 Å². The highest BCUT2D eigenvalue weighted by Gasteiger charge is 2.15. The fourth-order valence-electron chi connectivity index (χ4n) is 1.50. The molecule has 1 heterocycles. The van der Waals surface area contributed by atoms with Crippen LogP contribution in [0.4, 0.5) is 8.78 Å². The predicted octanol–water partition coefficient (Wildman–Crippen LogP) is 5.31. The quantitative estimate of drug-likeness (QED) is 0.666. The van der Waals surface area contributed by atoms with Crippen LogP contribution in [0.5, 0.6) is 0 Å². The maximum absolute atomic E-state index is 13.4. The minimum Gasteiger partial charge on any atom is -0.204 e. The summed E-state index contributed by atoms with van der Waals surface area (Å²) >= 11 is 11.0. The van der Waals surface area contributed by atoms with Crippen LogP contribution >= 0.6 is 38.9 Å². The van der Waals surface area contributed by atoms with Gasteiger partial charge in [0.25, 0.3) is 0 Å². The maximum Gasteiger partial charge on any atom is 0.162 e. The highest BCUT2D eigenvalue weighted by Crippen LogP contribution is 2.33. The molecule has 0 aliphatic carbocycles. The first-order chi connectivity index (χ1) is 8.08. The molecular formula is C12H8BrClF2S. The number of thiophene rings is 1. The maximum atomic E-state index is 13.4. The van der Waals surface area contributed by atoms with Gasteiger partial charge in [-0.25, -0.2) is 8.78 Å². The lowest BCUT2D eigenvalue weighted by Gasteiger charge is -2.08. The molecule has 1 aromatic heterocycles. The number of rotatable bonds is 3. The normalized spacial score (nSPS) is 12.7. The van der Waals surface area contributed by atoms with Gasteiger partial charge in [0.05, 0.1) is 9.16 Å². The molecule has 0 nitrogen and oxygen atoms in total. The van der Waals surface area contributed by atoms with E-state index in [9.17, 15) is 8.78 Å². The Labute approximate surface area is 115 Å². The van der Waals surface area contributed by atoms with E-state index in [2.05, 4.69) is 15.9 Å². The summed E-state index contributed by atoms with van der Waals surface area (Å²) in [4.78, 5) is 0.933. The molecule has 0 bridgehead atoms.